The Balaban J connectivity index is 1.56. The second-order valence-corrected chi connectivity index (χ2v) is 9.50. The number of nitrogens with zero attached hydrogens (tertiary/aromatic N) is 1. The molecule has 37 heavy (non-hydrogen) atoms. The SMILES string of the molecule is O=C1[C@H]2[C@@H](c3ccc(Cl)cc3)OC3(C(=O)c4ccccc4C3=O)[C@H]2C(=O)N1c1ccccc1C(F)(F)F. The van der Waals surface area contributed by atoms with Crippen LogP contribution in [0.3, 0.4) is 0 Å². The van der Waals surface area contributed by atoms with Crippen molar-refractivity contribution < 1.29 is 37.1 Å². The highest BCUT2D eigenvalue weighted by atomic mass is 35.5. The van der Waals surface area contributed by atoms with Crippen molar-refractivity contribution in [2.45, 2.75) is 17.9 Å². The minimum absolute atomic E-state index is 0.0254. The van der Waals surface area contributed by atoms with Crippen LogP contribution in [0.4, 0.5) is 18.9 Å². The van der Waals surface area contributed by atoms with E-state index in [1.165, 1.54) is 42.5 Å². The summed E-state index contributed by atoms with van der Waals surface area (Å²) in [6.45, 7) is 0. The van der Waals surface area contributed by atoms with E-state index < -0.39 is 64.3 Å². The van der Waals surface area contributed by atoms with E-state index in [4.69, 9.17) is 16.3 Å². The first-order chi connectivity index (χ1) is 17.6. The first kappa shape index (κ1) is 23.6. The lowest BCUT2D eigenvalue weighted by atomic mass is 9.77. The Bertz CT molecular complexity index is 1480. The Hall–Kier alpha value is -3.82. The van der Waals surface area contributed by atoms with Gasteiger partial charge in [-0.1, -0.05) is 60.1 Å². The summed E-state index contributed by atoms with van der Waals surface area (Å²) in [4.78, 5) is 55.4. The number of Topliss-reactive ketones (excluding diaryl/α,β-unsaturated/α-hetero) is 2. The molecule has 186 valence electrons. The van der Waals surface area contributed by atoms with Crippen LogP contribution < -0.4 is 4.90 Å². The van der Waals surface area contributed by atoms with Gasteiger partial charge in [0.1, 0.15) is 0 Å². The Morgan fingerprint density at radius 3 is 1.95 bits per heavy atom. The smallest absolute Gasteiger partial charge is 0.349 e. The molecule has 10 heteroatoms. The van der Waals surface area contributed by atoms with Gasteiger partial charge in [0.05, 0.1) is 29.2 Å². The third-order valence-corrected chi connectivity index (χ3v) is 7.42. The van der Waals surface area contributed by atoms with Crippen LogP contribution in [0.1, 0.15) is 37.9 Å². The summed E-state index contributed by atoms with van der Waals surface area (Å²) in [6.07, 6.45) is -6.13. The first-order valence-corrected chi connectivity index (χ1v) is 11.6. The minimum atomic E-state index is -4.87. The number of imide groups is 1. The number of benzene rings is 3. The van der Waals surface area contributed by atoms with E-state index in [9.17, 15) is 32.3 Å². The molecule has 0 aromatic heterocycles. The fraction of sp³-hybridized carbons (Fsp3) is 0.185. The highest BCUT2D eigenvalue weighted by molar-refractivity contribution is 6.37. The van der Waals surface area contributed by atoms with Crippen molar-refractivity contribution in [2.24, 2.45) is 11.8 Å². The summed E-state index contributed by atoms with van der Waals surface area (Å²) in [7, 11) is 0. The molecule has 3 aromatic carbocycles. The second-order valence-electron chi connectivity index (χ2n) is 9.06. The summed E-state index contributed by atoms with van der Waals surface area (Å²) in [6, 6.07) is 16.1. The normalized spacial score (nSPS) is 24.2. The molecular formula is C27H15ClF3NO5. The zero-order valence-electron chi connectivity index (χ0n) is 18.7. The third kappa shape index (κ3) is 3.10. The molecule has 1 aliphatic carbocycles. The molecule has 2 saturated heterocycles. The van der Waals surface area contributed by atoms with Crippen LogP contribution in [0.5, 0.6) is 0 Å². The quantitative estimate of drug-likeness (QED) is 0.345. The number of halogens is 4. The number of ketones is 2. The van der Waals surface area contributed by atoms with Crippen LogP contribution in [-0.2, 0) is 20.5 Å². The van der Waals surface area contributed by atoms with Crippen molar-refractivity contribution in [1.82, 2.24) is 0 Å². The Labute approximate surface area is 212 Å². The fourth-order valence-corrected chi connectivity index (χ4v) is 5.74. The summed E-state index contributed by atoms with van der Waals surface area (Å²) in [5.74, 6) is -6.76. The van der Waals surface area contributed by atoms with Crippen molar-refractivity contribution in [3.8, 4) is 0 Å². The number of alkyl halides is 3. The molecule has 1 spiro atoms. The molecule has 0 bridgehead atoms. The monoisotopic (exact) mass is 525 g/mol. The number of rotatable bonds is 2. The maximum Gasteiger partial charge on any atom is 0.418 e. The Kier molecular flexibility index (Phi) is 4.99. The summed E-state index contributed by atoms with van der Waals surface area (Å²) < 4.78 is 47.6. The van der Waals surface area contributed by atoms with Gasteiger partial charge in [0, 0.05) is 16.1 Å². The molecule has 2 heterocycles. The molecule has 3 atom stereocenters. The van der Waals surface area contributed by atoms with Crippen LogP contribution in [0.25, 0.3) is 0 Å². The van der Waals surface area contributed by atoms with Gasteiger partial charge in [0.15, 0.2) is 0 Å². The van der Waals surface area contributed by atoms with Gasteiger partial charge in [-0.3, -0.25) is 19.2 Å². The van der Waals surface area contributed by atoms with Gasteiger partial charge >= 0.3 is 6.18 Å². The molecule has 6 nitrogen and oxygen atoms in total. The van der Waals surface area contributed by atoms with Gasteiger partial charge in [-0.05, 0) is 29.8 Å². The van der Waals surface area contributed by atoms with Crippen molar-refractivity contribution >= 4 is 40.7 Å². The molecule has 0 radical (unpaired) electrons. The van der Waals surface area contributed by atoms with E-state index in [1.807, 2.05) is 0 Å². The maximum atomic E-state index is 13.8. The van der Waals surface area contributed by atoms with E-state index >= 15 is 0 Å². The van der Waals surface area contributed by atoms with Gasteiger partial charge in [0.2, 0.25) is 29.0 Å². The number of amides is 2. The van der Waals surface area contributed by atoms with Gasteiger partial charge in [0.25, 0.3) is 0 Å². The molecule has 0 unspecified atom stereocenters. The molecule has 0 saturated carbocycles. The first-order valence-electron chi connectivity index (χ1n) is 11.2. The average molecular weight is 526 g/mol. The topological polar surface area (TPSA) is 80.8 Å². The van der Waals surface area contributed by atoms with Gasteiger partial charge < -0.3 is 4.74 Å². The number of hydrogen-bond donors (Lipinski definition) is 0. The number of ether oxygens (including phenoxy) is 1. The lowest BCUT2D eigenvalue weighted by Crippen LogP contribution is -2.51. The van der Waals surface area contributed by atoms with Crippen LogP contribution in [0.2, 0.25) is 5.02 Å². The van der Waals surface area contributed by atoms with Crippen LogP contribution in [-0.4, -0.2) is 29.0 Å². The van der Waals surface area contributed by atoms with E-state index in [2.05, 4.69) is 0 Å². The lowest BCUT2D eigenvalue weighted by Gasteiger charge is -2.28. The largest absolute Gasteiger partial charge is 0.418 e. The third-order valence-electron chi connectivity index (χ3n) is 7.17. The number of anilines is 1. The van der Waals surface area contributed by atoms with Crippen molar-refractivity contribution in [2.75, 3.05) is 4.90 Å². The number of para-hydroxylation sites is 1. The standard InChI is InChI=1S/C27H15ClF3NO5/c28-14-11-9-13(10-12-14)21-19-20(26(37-21)22(33)15-5-1-2-6-16(15)23(26)34)25(36)32(24(19)35)18-8-4-3-7-17(18)27(29,30)31/h1-12,19-21H/t19-,20-,21-/m1/s1. The fourth-order valence-electron chi connectivity index (χ4n) is 5.62. The van der Waals surface area contributed by atoms with Crippen molar-refractivity contribution in [3.63, 3.8) is 0 Å². The van der Waals surface area contributed by atoms with Crippen molar-refractivity contribution in [1.29, 1.82) is 0 Å². The maximum absolute atomic E-state index is 13.8. The summed E-state index contributed by atoms with van der Waals surface area (Å²) >= 11 is 5.99. The summed E-state index contributed by atoms with van der Waals surface area (Å²) in [5.41, 5.74) is -3.84. The zero-order chi connectivity index (χ0) is 26.3. The second kappa shape index (κ2) is 7.84. The van der Waals surface area contributed by atoms with E-state index in [1.54, 1.807) is 12.1 Å². The molecule has 3 aliphatic rings. The van der Waals surface area contributed by atoms with Crippen molar-refractivity contribution in [3.05, 3.63) is 100 Å². The molecule has 3 aromatic rings. The van der Waals surface area contributed by atoms with Gasteiger partial charge in [-0.25, -0.2) is 4.90 Å². The van der Waals surface area contributed by atoms with Crippen LogP contribution in [0.15, 0.2) is 72.8 Å². The predicted molar refractivity (Wildman–Crippen MR) is 124 cm³/mol. The van der Waals surface area contributed by atoms with E-state index in [0.29, 0.717) is 15.5 Å². The molecule has 0 N–H and O–H groups in total. The number of hydrogen-bond acceptors (Lipinski definition) is 5. The number of fused-ring (bicyclic) bond motifs is 3. The van der Waals surface area contributed by atoms with Gasteiger partial charge in [-0.15, -0.1) is 0 Å². The van der Waals surface area contributed by atoms with Crippen LogP contribution >= 0.6 is 11.6 Å². The highest BCUT2D eigenvalue weighted by Gasteiger charge is 2.75. The van der Waals surface area contributed by atoms with Gasteiger partial charge in [-0.2, -0.15) is 13.2 Å². The Morgan fingerprint density at radius 1 is 0.784 bits per heavy atom. The lowest BCUT2D eigenvalue weighted by molar-refractivity contribution is -0.137. The van der Waals surface area contributed by atoms with E-state index in [-0.39, 0.29) is 11.1 Å². The molecule has 2 fully saturated rings. The number of carbonyl (C=O) groups is 4. The molecule has 2 amide bonds. The summed E-state index contributed by atoms with van der Waals surface area (Å²) in [5, 5.41) is 0.364. The predicted octanol–water partition coefficient (Wildman–Crippen LogP) is 5.05. The van der Waals surface area contributed by atoms with Crippen LogP contribution in [0, 0.1) is 11.8 Å². The Morgan fingerprint density at radius 2 is 1.35 bits per heavy atom. The molecule has 6 rings (SSSR count). The molecule has 2 aliphatic heterocycles. The minimum Gasteiger partial charge on any atom is -0.349 e. The highest BCUT2D eigenvalue weighted by Crippen LogP contribution is 2.58. The van der Waals surface area contributed by atoms with E-state index in [0.717, 1.165) is 18.2 Å². The number of carbonyl (C=O) groups excluding carboxylic acids is 4. The molecular weight excluding hydrogens is 511 g/mol. The average Bonchev–Trinajstić information content (AvgIpc) is 3.44. The zero-order valence-corrected chi connectivity index (χ0v) is 19.4.